The Hall–Kier alpha value is -1.54. The second kappa shape index (κ2) is 6.51. The Balaban J connectivity index is 1.73. The molecule has 4 fully saturated rings. The van der Waals surface area contributed by atoms with Crippen LogP contribution < -0.4 is 0 Å². The molecule has 4 saturated carbocycles. The highest BCUT2D eigenvalue weighted by Crippen LogP contribution is 2.58. The Bertz CT molecular complexity index is 869. The number of aromatic hydroxyl groups is 1. The molecule has 27 heavy (non-hydrogen) atoms. The first kappa shape index (κ1) is 17.6. The second-order valence-corrected chi connectivity index (χ2v) is 10.0. The van der Waals surface area contributed by atoms with Crippen LogP contribution in [0.3, 0.4) is 0 Å². The van der Waals surface area contributed by atoms with Gasteiger partial charge in [-0.05, 0) is 122 Å². The molecule has 0 unspecified atom stereocenters. The SMILES string of the molecule is Cc1cc(C(=C2C3CC4CC(C3)CC2C4)c2ccc(Br)cc2)cc(C)c1O. The van der Waals surface area contributed by atoms with E-state index in [9.17, 15) is 5.11 Å². The average Bonchev–Trinajstić information content (AvgIpc) is 2.63. The van der Waals surface area contributed by atoms with E-state index in [-0.39, 0.29) is 0 Å². The smallest absolute Gasteiger partial charge is 0.121 e. The molecule has 140 valence electrons. The number of benzene rings is 2. The van der Waals surface area contributed by atoms with Gasteiger partial charge in [-0.1, -0.05) is 33.6 Å². The highest BCUT2D eigenvalue weighted by atomic mass is 79.9. The van der Waals surface area contributed by atoms with E-state index in [4.69, 9.17) is 0 Å². The third kappa shape index (κ3) is 2.97. The molecule has 1 N–H and O–H groups in total. The molecule has 2 heteroatoms. The van der Waals surface area contributed by atoms with E-state index < -0.39 is 0 Å². The molecule has 2 aromatic rings. The van der Waals surface area contributed by atoms with Gasteiger partial charge in [-0.3, -0.25) is 0 Å². The molecule has 0 atom stereocenters. The van der Waals surface area contributed by atoms with Crippen molar-refractivity contribution in [2.24, 2.45) is 23.7 Å². The molecule has 0 heterocycles. The summed E-state index contributed by atoms with van der Waals surface area (Å²) in [5, 5.41) is 10.3. The van der Waals surface area contributed by atoms with E-state index in [0.29, 0.717) is 5.75 Å². The molecule has 0 aliphatic heterocycles. The zero-order valence-electron chi connectivity index (χ0n) is 16.1. The molecule has 2 aromatic carbocycles. The lowest BCUT2D eigenvalue weighted by molar-refractivity contribution is 0.0705. The molecule has 0 aromatic heterocycles. The topological polar surface area (TPSA) is 20.2 Å². The summed E-state index contributed by atoms with van der Waals surface area (Å²) in [5.74, 6) is 3.88. The fourth-order valence-electron chi connectivity index (χ4n) is 6.32. The second-order valence-electron chi connectivity index (χ2n) is 9.10. The number of allylic oxidation sites excluding steroid dienone is 1. The Morgan fingerprint density at radius 3 is 1.85 bits per heavy atom. The number of aryl methyl sites for hydroxylation is 2. The zero-order valence-corrected chi connectivity index (χ0v) is 17.7. The van der Waals surface area contributed by atoms with Crippen LogP contribution in [0.2, 0.25) is 0 Å². The van der Waals surface area contributed by atoms with Gasteiger partial charge >= 0.3 is 0 Å². The summed E-state index contributed by atoms with van der Waals surface area (Å²) in [6.45, 7) is 4.04. The number of hydrogen-bond donors (Lipinski definition) is 1. The molecule has 0 spiro atoms. The van der Waals surface area contributed by atoms with Crippen molar-refractivity contribution in [3.8, 4) is 5.75 Å². The van der Waals surface area contributed by atoms with Crippen LogP contribution in [0.1, 0.15) is 54.4 Å². The van der Waals surface area contributed by atoms with Crippen LogP contribution in [0.5, 0.6) is 5.75 Å². The maximum atomic E-state index is 10.3. The molecule has 0 saturated heterocycles. The van der Waals surface area contributed by atoms with Crippen molar-refractivity contribution in [2.45, 2.75) is 46.0 Å². The largest absolute Gasteiger partial charge is 0.507 e. The molecule has 6 rings (SSSR count). The van der Waals surface area contributed by atoms with Gasteiger partial charge in [0.2, 0.25) is 0 Å². The van der Waals surface area contributed by atoms with Crippen molar-refractivity contribution in [3.05, 3.63) is 68.7 Å². The fraction of sp³-hybridized carbons (Fsp3) is 0.440. The predicted molar refractivity (Wildman–Crippen MR) is 115 cm³/mol. The van der Waals surface area contributed by atoms with Crippen molar-refractivity contribution in [1.29, 1.82) is 0 Å². The van der Waals surface area contributed by atoms with Gasteiger partial charge in [-0.25, -0.2) is 0 Å². The van der Waals surface area contributed by atoms with E-state index in [1.165, 1.54) is 48.8 Å². The van der Waals surface area contributed by atoms with Crippen LogP contribution in [-0.2, 0) is 0 Å². The third-order valence-corrected chi connectivity index (χ3v) is 7.75. The molecule has 0 amide bonds. The predicted octanol–water partition coefficient (Wildman–Crippen LogP) is 7.03. The molecule has 4 aliphatic rings. The monoisotopic (exact) mass is 422 g/mol. The minimum Gasteiger partial charge on any atom is -0.507 e. The zero-order chi connectivity index (χ0) is 18.7. The highest BCUT2D eigenvalue weighted by Gasteiger charge is 2.46. The summed E-state index contributed by atoms with van der Waals surface area (Å²) >= 11 is 3.59. The molecule has 0 radical (unpaired) electrons. The van der Waals surface area contributed by atoms with Gasteiger partial charge in [-0.15, -0.1) is 0 Å². The maximum absolute atomic E-state index is 10.3. The minimum absolute atomic E-state index is 0.434. The average molecular weight is 423 g/mol. The summed E-state index contributed by atoms with van der Waals surface area (Å²) in [7, 11) is 0. The summed E-state index contributed by atoms with van der Waals surface area (Å²) < 4.78 is 1.12. The lowest BCUT2D eigenvalue weighted by Crippen LogP contribution is -2.40. The van der Waals surface area contributed by atoms with Crippen LogP contribution in [0.15, 0.2) is 46.4 Å². The van der Waals surface area contributed by atoms with Crippen LogP contribution in [0.25, 0.3) is 5.57 Å². The van der Waals surface area contributed by atoms with Crippen molar-refractivity contribution in [3.63, 3.8) is 0 Å². The van der Waals surface area contributed by atoms with Crippen LogP contribution >= 0.6 is 15.9 Å². The highest BCUT2D eigenvalue weighted by molar-refractivity contribution is 9.10. The van der Waals surface area contributed by atoms with Crippen molar-refractivity contribution in [2.75, 3.05) is 0 Å². The minimum atomic E-state index is 0.434. The Morgan fingerprint density at radius 1 is 0.815 bits per heavy atom. The van der Waals surface area contributed by atoms with Crippen molar-refractivity contribution >= 4 is 21.5 Å². The molecular formula is C25H27BrO. The number of halogens is 1. The van der Waals surface area contributed by atoms with Gasteiger partial charge in [0.1, 0.15) is 5.75 Å². The summed E-state index contributed by atoms with van der Waals surface area (Å²) in [6, 6.07) is 13.2. The molecule has 1 nitrogen and oxygen atoms in total. The molecular weight excluding hydrogens is 396 g/mol. The third-order valence-electron chi connectivity index (χ3n) is 7.22. The van der Waals surface area contributed by atoms with Gasteiger partial charge in [0.25, 0.3) is 0 Å². The number of phenols is 1. The Morgan fingerprint density at radius 2 is 1.33 bits per heavy atom. The van der Waals surface area contributed by atoms with E-state index in [2.05, 4.69) is 52.3 Å². The van der Waals surface area contributed by atoms with Gasteiger partial charge < -0.3 is 5.11 Å². The summed E-state index contributed by atoms with van der Waals surface area (Å²) in [5.41, 5.74) is 7.72. The van der Waals surface area contributed by atoms with Gasteiger partial charge in [-0.2, -0.15) is 0 Å². The fourth-order valence-corrected chi connectivity index (χ4v) is 6.58. The number of hydrogen-bond acceptors (Lipinski definition) is 1. The van der Waals surface area contributed by atoms with Gasteiger partial charge in [0, 0.05) is 4.47 Å². The Kier molecular flexibility index (Phi) is 4.23. The van der Waals surface area contributed by atoms with Gasteiger partial charge in [0.05, 0.1) is 0 Å². The lowest BCUT2D eigenvalue weighted by atomic mass is 9.53. The standard InChI is InChI=1S/C25H27BrO/c1-14-7-19(8-15(2)25(14)27)23(18-3-5-22(26)6-4-18)24-20-10-16-9-17(12-20)13-21(24)11-16/h3-8,16-17,20-21,27H,9-13H2,1-2H3. The first-order chi connectivity index (χ1) is 13.0. The lowest BCUT2D eigenvalue weighted by Gasteiger charge is -2.52. The Labute approximate surface area is 170 Å². The molecule has 4 bridgehead atoms. The quantitative estimate of drug-likeness (QED) is 0.550. The van der Waals surface area contributed by atoms with Gasteiger partial charge in [0.15, 0.2) is 0 Å². The van der Waals surface area contributed by atoms with E-state index in [1.54, 1.807) is 5.57 Å². The van der Waals surface area contributed by atoms with Crippen molar-refractivity contribution < 1.29 is 5.11 Å². The first-order valence-corrected chi connectivity index (χ1v) is 11.1. The maximum Gasteiger partial charge on any atom is 0.121 e. The summed E-state index contributed by atoms with van der Waals surface area (Å²) in [4.78, 5) is 0. The van der Waals surface area contributed by atoms with Crippen molar-refractivity contribution in [1.82, 2.24) is 0 Å². The number of rotatable bonds is 2. The molecule has 4 aliphatic carbocycles. The van der Waals surface area contributed by atoms with Crippen LogP contribution in [0.4, 0.5) is 0 Å². The summed E-state index contributed by atoms with van der Waals surface area (Å²) in [6.07, 6.45) is 7.03. The first-order valence-electron chi connectivity index (χ1n) is 10.3. The van der Waals surface area contributed by atoms with E-state index >= 15 is 0 Å². The van der Waals surface area contributed by atoms with Crippen LogP contribution in [0, 0.1) is 37.5 Å². The number of phenolic OH excluding ortho intramolecular Hbond substituents is 1. The normalized spacial score (nSPS) is 28.6. The van der Waals surface area contributed by atoms with Crippen LogP contribution in [-0.4, -0.2) is 5.11 Å². The van der Waals surface area contributed by atoms with E-state index in [0.717, 1.165) is 39.3 Å². The van der Waals surface area contributed by atoms with E-state index in [1.807, 2.05) is 13.8 Å².